The van der Waals surface area contributed by atoms with E-state index in [1.807, 2.05) is 17.5 Å². The predicted molar refractivity (Wildman–Crippen MR) is 98.9 cm³/mol. The number of nitrogens with zero attached hydrogens (tertiary/aromatic N) is 2. The number of carbonyl (C=O) groups is 1. The van der Waals surface area contributed by atoms with Crippen LogP contribution in [0.15, 0.2) is 54.2 Å². The van der Waals surface area contributed by atoms with E-state index >= 15 is 0 Å². The second-order valence-corrected chi connectivity index (χ2v) is 6.17. The summed E-state index contributed by atoms with van der Waals surface area (Å²) in [6, 6.07) is 9.24. The van der Waals surface area contributed by atoms with Gasteiger partial charge in [0.1, 0.15) is 11.6 Å². The lowest BCUT2D eigenvalue weighted by Crippen LogP contribution is -2.30. The number of amides is 2. The van der Waals surface area contributed by atoms with E-state index in [2.05, 4.69) is 20.6 Å². The Hall–Kier alpha value is -3.00. The highest BCUT2D eigenvalue weighted by atomic mass is 32.1. The van der Waals surface area contributed by atoms with Crippen molar-refractivity contribution < 1.29 is 13.9 Å². The standard InChI is InChI=1S/C18H17FN4O2S/c19-14-4-6-15(7-5-14)25-10-2-9-21-17(24)23-18-22-16(12-26-18)13-3-1-8-20-11-13/h1,3-8,11-12H,2,9-10H2,(H2,21,22,23,24). The number of rotatable bonds is 7. The molecule has 0 aliphatic heterocycles. The molecular weight excluding hydrogens is 355 g/mol. The van der Waals surface area contributed by atoms with E-state index in [0.717, 1.165) is 11.3 Å². The molecule has 0 spiro atoms. The predicted octanol–water partition coefficient (Wildman–Crippen LogP) is 3.93. The first kappa shape index (κ1) is 17.8. The summed E-state index contributed by atoms with van der Waals surface area (Å²) in [5.74, 6) is 0.297. The van der Waals surface area contributed by atoms with Crippen molar-refractivity contribution in [2.45, 2.75) is 6.42 Å². The Bertz CT molecular complexity index is 840. The lowest BCUT2D eigenvalue weighted by molar-refractivity contribution is 0.250. The Morgan fingerprint density at radius 1 is 1.23 bits per heavy atom. The number of urea groups is 1. The second kappa shape index (κ2) is 8.91. The molecular formula is C18H17FN4O2S. The lowest BCUT2D eigenvalue weighted by Gasteiger charge is -2.07. The van der Waals surface area contributed by atoms with Crippen molar-refractivity contribution >= 4 is 22.5 Å². The van der Waals surface area contributed by atoms with Gasteiger partial charge in [-0.05, 0) is 42.8 Å². The molecule has 3 rings (SSSR count). The highest BCUT2D eigenvalue weighted by Gasteiger charge is 2.07. The van der Waals surface area contributed by atoms with Crippen molar-refractivity contribution in [3.63, 3.8) is 0 Å². The van der Waals surface area contributed by atoms with Crippen molar-refractivity contribution in [1.82, 2.24) is 15.3 Å². The molecule has 2 amide bonds. The minimum atomic E-state index is -0.320. The van der Waals surface area contributed by atoms with Crippen LogP contribution in [-0.2, 0) is 0 Å². The number of aromatic nitrogens is 2. The summed E-state index contributed by atoms with van der Waals surface area (Å²) < 4.78 is 18.2. The number of carbonyl (C=O) groups excluding carboxylic acids is 1. The van der Waals surface area contributed by atoms with Crippen molar-refractivity contribution in [1.29, 1.82) is 0 Å². The third-order valence-corrected chi connectivity index (χ3v) is 4.13. The van der Waals surface area contributed by atoms with E-state index in [9.17, 15) is 9.18 Å². The molecule has 3 aromatic rings. The molecule has 0 unspecified atom stereocenters. The van der Waals surface area contributed by atoms with Gasteiger partial charge in [-0.2, -0.15) is 0 Å². The van der Waals surface area contributed by atoms with E-state index in [4.69, 9.17) is 4.74 Å². The van der Waals surface area contributed by atoms with E-state index in [-0.39, 0.29) is 11.8 Å². The highest BCUT2D eigenvalue weighted by Crippen LogP contribution is 2.23. The summed E-state index contributed by atoms with van der Waals surface area (Å²) >= 11 is 1.35. The number of pyridine rings is 1. The average Bonchev–Trinajstić information content (AvgIpc) is 3.12. The molecule has 0 radical (unpaired) electrons. The Morgan fingerprint density at radius 2 is 2.08 bits per heavy atom. The molecule has 1 aromatic carbocycles. The largest absolute Gasteiger partial charge is 0.494 e. The minimum Gasteiger partial charge on any atom is -0.494 e. The van der Waals surface area contributed by atoms with Gasteiger partial charge in [0.25, 0.3) is 0 Å². The summed E-state index contributed by atoms with van der Waals surface area (Å²) in [5.41, 5.74) is 1.67. The monoisotopic (exact) mass is 372 g/mol. The van der Waals surface area contributed by atoms with Crippen LogP contribution in [0.5, 0.6) is 5.75 Å². The number of hydrogen-bond donors (Lipinski definition) is 2. The Balaban J connectivity index is 1.37. The molecule has 0 aliphatic rings. The van der Waals surface area contributed by atoms with Gasteiger partial charge in [0.15, 0.2) is 5.13 Å². The molecule has 0 bridgehead atoms. The first-order chi connectivity index (χ1) is 12.7. The molecule has 2 aromatic heterocycles. The summed E-state index contributed by atoms with van der Waals surface area (Å²) in [7, 11) is 0. The van der Waals surface area contributed by atoms with Gasteiger partial charge in [0, 0.05) is 29.9 Å². The van der Waals surface area contributed by atoms with Gasteiger partial charge in [0.05, 0.1) is 12.3 Å². The molecule has 2 N–H and O–H groups in total. The molecule has 0 saturated carbocycles. The highest BCUT2D eigenvalue weighted by molar-refractivity contribution is 7.14. The van der Waals surface area contributed by atoms with Crippen LogP contribution in [0.4, 0.5) is 14.3 Å². The van der Waals surface area contributed by atoms with E-state index in [0.29, 0.717) is 30.5 Å². The van der Waals surface area contributed by atoms with Gasteiger partial charge in [-0.3, -0.25) is 10.3 Å². The molecule has 0 saturated heterocycles. The zero-order valence-corrected chi connectivity index (χ0v) is 14.6. The van der Waals surface area contributed by atoms with Crippen LogP contribution in [0, 0.1) is 5.82 Å². The third kappa shape index (κ3) is 5.25. The van der Waals surface area contributed by atoms with Gasteiger partial charge < -0.3 is 10.1 Å². The SMILES string of the molecule is O=C(NCCCOc1ccc(F)cc1)Nc1nc(-c2cccnc2)cs1. The molecule has 8 heteroatoms. The van der Waals surface area contributed by atoms with Crippen LogP contribution >= 0.6 is 11.3 Å². The summed E-state index contributed by atoms with van der Waals surface area (Å²) in [6.45, 7) is 0.877. The maximum Gasteiger partial charge on any atom is 0.321 e. The Kier molecular flexibility index (Phi) is 6.10. The molecule has 0 fully saturated rings. The average molecular weight is 372 g/mol. The summed E-state index contributed by atoms with van der Waals surface area (Å²) in [5, 5.41) is 7.82. The first-order valence-electron chi connectivity index (χ1n) is 8.00. The Morgan fingerprint density at radius 3 is 2.85 bits per heavy atom. The molecule has 0 aliphatic carbocycles. The molecule has 2 heterocycles. The fraction of sp³-hybridized carbons (Fsp3) is 0.167. The zero-order valence-electron chi connectivity index (χ0n) is 13.8. The lowest BCUT2D eigenvalue weighted by atomic mass is 10.2. The summed E-state index contributed by atoms with van der Waals surface area (Å²) in [4.78, 5) is 20.3. The van der Waals surface area contributed by atoms with Gasteiger partial charge in [0.2, 0.25) is 0 Å². The van der Waals surface area contributed by atoms with E-state index in [1.165, 1.54) is 23.5 Å². The third-order valence-electron chi connectivity index (χ3n) is 3.37. The van der Waals surface area contributed by atoms with Crippen LogP contribution in [0.1, 0.15) is 6.42 Å². The number of hydrogen-bond acceptors (Lipinski definition) is 5. The quantitative estimate of drug-likeness (QED) is 0.616. The van der Waals surface area contributed by atoms with Crippen LogP contribution in [0.2, 0.25) is 0 Å². The van der Waals surface area contributed by atoms with Gasteiger partial charge in [-0.25, -0.2) is 14.2 Å². The van der Waals surface area contributed by atoms with E-state index < -0.39 is 0 Å². The number of thiazole rings is 1. The van der Waals surface area contributed by atoms with Crippen molar-refractivity contribution in [3.05, 3.63) is 60.0 Å². The van der Waals surface area contributed by atoms with Gasteiger partial charge in [-0.1, -0.05) is 0 Å². The maximum absolute atomic E-state index is 12.8. The smallest absolute Gasteiger partial charge is 0.321 e. The van der Waals surface area contributed by atoms with Crippen LogP contribution < -0.4 is 15.4 Å². The number of halogens is 1. The first-order valence-corrected chi connectivity index (χ1v) is 8.88. The van der Waals surface area contributed by atoms with Crippen molar-refractivity contribution in [3.8, 4) is 17.0 Å². The minimum absolute atomic E-state index is 0.301. The van der Waals surface area contributed by atoms with Crippen molar-refractivity contribution in [2.24, 2.45) is 0 Å². The van der Waals surface area contributed by atoms with Crippen molar-refractivity contribution in [2.75, 3.05) is 18.5 Å². The number of benzene rings is 1. The topological polar surface area (TPSA) is 76.1 Å². The number of nitrogens with one attached hydrogen (secondary N) is 2. The molecule has 26 heavy (non-hydrogen) atoms. The number of anilines is 1. The molecule has 6 nitrogen and oxygen atoms in total. The van der Waals surface area contributed by atoms with Crippen LogP contribution in [0.3, 0.4) is 0 Å². The fourth-order valence-electron chi connectivity index (χ4n) is 2.11. The maximum atomic E-state index is 12.8. The second-order valence-electron chi connectivity index (χ2n) is 5.32. The van der Waals surface area contributed by atoms with Crippen LogP contribution in [-0.4, -0.2) is 29.2 Å². The normalized spacial score (nSPS) is 10.3. The molecule has 134 valence electrons. The van der Waals surface area contributed by atoms with E-state index in [1.54, 1.807) is 24.5 Å². The summed E-state index contributed by atoms with van der Waals surface area (Å²) in [6.07, 6.45) is 4.05. The van der Waals surface area contributed by atoms with Gasteiger partial charge in [-0.15, -0.1) is 11.3 Å². The van der Waals surface area contributed by atoms with Crippen LogP contribution in [0.25, 0.3) is 11.3 Å². The fourth-order valence-corrected chi connectivity index (χ4v) is 2.83. The molecule has 0 atom stereocenters. The number of ether oxygens (including phenoxy) is 1. The zero-order chi connectivity index (χ0) is 18.2. The van der Waals surface area contributed by atoms with Gasteiger partial charge >= 0.3 is 6.03 Å². The Labute approximate surface area is 154 Å².